The molecule has 1 aliphatic heterocycles. The number of nitrogens with zero attached hydrogens (tertiary/aromatic N) is 1. The van der Waals surface area contributed by atoms with E-state index in [1.54, 1.807) is 0 Å². The number of hydrogen-bond donors (Lipinski definition) is 1. The third kappa shape index (κ3) is 8.17. The van der Waals surface area contributed by atoms with E-state index in [1.165, 1.54) is 32.5 Å². The van der Waals surface area contributed by atoms with Crippen LogP contribution in [0.3, 0.4) is 0 Å². The van der Waals surface area contributed by atoms with Gasteiger partial charge in [0.25, 0.3) is 0 Å². The fraction of sp³-hybridized carbons (Fsp3) is 1.00. The molecule has 1 rings (SSSR count). The van der Waals surface area contributed by atoms with E-state index in [0.717, 1.165) is 7.11 Å². The highest BCUT2D eigenvalue weighted by molar-refractivity contribution is 7.80. The topological polar surface area (TPSA) is 66.8 Å². The minimum Gasteiger partial charge on any atom is -0.304 e. The highest BCUT2D eigenvalue weighted by Crippen LogP contribution is 2.04. The van der Waals surface area contributed by atoms with E-state index < -0.39 is 10.4 Å². The van der Waals surface area contributed by atoms with Gasteiger partial charge in [-0.2, -0.15) is 8.42 Å². The first-order valence-electron chi connectivity index (χ1n) is 4.25. The molecule has 0 aromatic carbocycles. The van der Waals surface area contributed by atoms with Crippen molar-refractivity contribution in [3.8, 4) is 0 Å². The maximum absolute atomic E-state index is 9.33. The molecule has 6 heteroatoms. The van der Waals surface area contributed by atoms with Gasteiger partial charge < -0.3 is 4.90 Å². The summed E-state index contributed by atoms with van der Waals surface area (Å²) in [4.78, 5) is 2.49. The van der Waals surface area contributed by atoms with Crippen LogP contribution in [-0.4, -0.2) is 44.6 Å². The molecule has 1 N–H and O–H groups in total. The Morgan fingerprint density at radius 1 is 1.38 bits per heavy atom. The lowest BCUT2D eigenvalue weighted by Gasteiger charge is -2.08. The Hall–Kier alpha value is -0.170. The Morgan fingerprint density at radius 3 is 1.92 bits per heavy atom. The summed E-state index contributed by atoms with van der Waals surface area (Å²) in [5.74, 6) is 0. The van der Waals surface area contributed by atoms with Crippen molar-refractivity contribution in [3.63, 3.8) is 0 Å². The van der Waals surface area contributed by atoms with Crippen molar-refractivity contribution in [2.45, 2.75) is 19.8 Å². The SMILES string of the molecule is CCN1CCCC1.COS(=O)(=O)O. The largest absolute Gasteiger partial charge is 0.397 e. The number of rotatable bonds is 2. The van der Waals surface area contributed by atoms with Crippen molar-refractivity contribution < 1.29 is 17.2 Å². The molecule has 0 bridgehead atoms. The first-order chi connectivity index (χ1) is 5.99. The Morgan fingerprint density at radius 2 is 1.77 bits per heavy atom. The van der Waals surface area contributed by atoms with Crippen LogP contribution in [0.25, 0.3) is 0 Å². The Bertz CT molecular complexity index is 209. The second-order valence-corrected chi connectivity index (χ2v) is 3.92. The third-order valence-electron chi connectivity index (χ3n) is 1.86. The summed E-state index contributed by atoms with van der Waals surface area (Å²) < 4.78 is 29.7. The minimum atomic E-state index is -4.16. The van der Waals surface area contributed by atoms with Crippen LogP contribution in [0.4, 0.5) is 0 Å². The monoisotopic (exact) mass is 211 g/mol. The molecule has 5 nitrogen and oxygen atoms in total. The number of likely N-dealkylation sites (tertiary alicyclic amines) is 1. The van der Waals surface area contributed by atoms with Gasteiger partial charge in [-0.15, -0.1) is 0 Å². The summed E-state index contributed by atoms with van der Waals surface area (Å²) in [6.45, 7) is 6.16. The first-order valence-corrected chi connectivity index (χ1v) is 5.61. The van der Waals surface area contributed by atoms with Gasteiger partial charge in [0, 0.05) is 0 Å². The predicted octanol–water partition coefficient (Wildman–Crippen LogP) is 0.538. The van der Waals surface area contributed by atoms with Crippen molar-refractivity contribution in [1.29, 1.82) is 0 Å². The van der Waals surface area contributed by atoms with Crippen LogP contribution in [0.2, 0.25) is 0 Å². The molecule has 13 heavy (non-hydrogen) atoms. The Balaban J connectivity index is 0.000000226. The fourth-order valence-corrected chi connectivity index (χ4v) is 1.10. The summed E-state index contributed by atoms with van der Waals surface area (Å²) >= 11 is 0. The zero-order valence-electron chi connectivity index (χ0n) is 8.06. The second kappa shape index (κ2) is 6.31. The normalized spacial score (nSPS) is 18.1. The molecule has 0 spiro atoms. The molecule has 1 fully saturated rings. The maximum atomic E-state index is 9.33. The molecular weight excluding hydrogens is 194 g/mol. The maximum Gasteiger partial charge on any atom is 0.397 e. The summed E-state index contributed by atoms with van der Waals surface area (Å²) in [6.07, 6.45) is 2.85. The van der Waals surface area contributed by atoms with E-state index in [1.807, 2.05) is 0 Å². The molecule has 0 saturated carbocycles. The average molecular weight is 211 g/mol. The van der Waals surface area contributed by atoms with Crippen LogP contribution in [0.5, 0.6) is 0 Å². The Labute approximate surface area is 79.6 Å². The smallest absolute Gasteiger partial charge is 0.304 e. The van der Waals surface area contributed by atoms with Crippen LogP contribution < -0.4 is 0 Å². The lowest BCUT2D eigenvalue weighted by molar-refractivity contribution is 0.324. The molecule has 0 aromatic heterocycles. The fourth-order valence-electron chi connectivity index (χ4n) is 1.10. The van der Waals surface area contributed by atoms with Gasteiger partial charge in [-0.1, -0.05) is 6.92 Å². The standard InChI is InChI=1S/C6H13N.CH4O4S/c1-2-7-5-3-4-6-7;1-5-6(2,3)4/h2-6H2,1H3;1H3,(H,2,3,4). The summed E-state index contributed by atoms with van der Waals surface area (Å²) in [7, 11) is -3.29. The molecule has 0 radical (unpaired) electrons. The van der Waals surface area contributed by atoms with Gasteiger partial charge in [0.05, 0.1) is 7.11 Å². The zero-order chi connectivity index (χ0) is 10.3. The molecular formula is C7H17NO4S. The van der Waals surface area contributed by atoms with Crippen LogP contribution in [0.15, 0.2) is 0 Å². The van der Waals surface area contributed by atoms with Crippen molar-refractivity contribution in [2.24, 2.45) is 0 Å². The van der Waals surface area contributed by atoms with Crippen molar-refractivity contribution in [2.75, 3.05) is 26.7 Å². The van der Waals surface area contributed by atoms with Gasteiger partial charge in [-0.3, -0.25) is 8.74 Å². The highest BCUT2D eigenvalue weighted by atomic mass is 32.3. The van der Waals surface area contributed by atoms with Gasteiger partial charge in [-0.05, 0) is 32.5 Å². The molecule has 0 atom stereocenters. The zero-order valence-corrected chi connectivity index (χ0v) is 8.88. The lowest BCUT2D eigenvalue weighted by atomic mass is 10.4. The average Bonchev–Trinajstić information content (AvgIpc) is 2.56. The van der Waals surface area contributed by atoms with Crippen molar-refractivity contribution >= 4 is 10.4 Å². The summed E-state index contributed by atoms with van der Waals surface area (Å²) in [6, 6.07) is 0. The summed E-state index contributed by atoms with van der Waals surface area (Å²) in [5.41, 5.74) is 0. The molecule has 1 heterocycles. The van der Waals surface area contributed by atoms with Crippen LogP contribution in [0.1, 0.15) is 19.8 Å². The second-order valence-electron chi connectivity index (χ2n) is 2.74. The van der Waals surface area contributed by atoms with Gasteiger partial charge in [0.1, 0.15) is 0 Å². The van der Waals surface area contributed by atoms with Crippen molar-refractivity contribution in [1.82, 2.24) is 4.90 Å². The lowest BCUT2D eigenvalue weighted by Crippen LogP contribution is -2.17. The molecule has 1 saturated heterocycles. The van der Waals surface area contributed by atoms with E-state index in [-0.39, 0.29) is 0 Å². The Kier molecular flexibility index (Phi) is 6.23. The van der Waals surface area contributed by atoms with Gasteiger partial charge in [0.2, 0.25) is 0 Å². The van der Waals surface area contributed by atoms with E-state index >= 15 is 0 Å². The van der Waals surface area contributed by atoms with E-state index in [0.29, 0.717) is 0 Å². The molecule has 0 aliphatic carbocycles. The first kappa shape index (κ1) is 12.8. The highest BCUT2D eigenvalue weighted by Gasteiger charge is 2.06. The molecule has 0 aromatic rings. The molecule has 80 valence electrons. The minimum absolute atomic E-state index is 0.870. The number of hydrogen-bond acceptors (Lipinski definition) is 4. The molecule has 1 aliphatic rings. The van der Waals surface area contributed by atoms with E-state index in [2.05, 4.69) is 16.0 Å². The third-order valence-corrected chi connectivity index (χ3v) is 2.28. The van der Waals surface area contributed by atoms with Crippen molar-refractivity contribution in [3.05, 3.63) is 0 Å². The molecule has 0 unspecified atom stereocenters. The van der Waals surface area contributed by atoms with Gasteiger partial charge >= 0.3 is 10.4 Å². The van der Waals surface area contributed by atoms with Crippen LogP contribution >= 0.6 is 0 Å². The van der Waals surface area contributed by atoms with Crippen LogP contribution in [0, 0.1) is 0 Å². The van der Waals surface area contributed by atoms with E-state index in [4.69, 9.17) is 4.55 Å². The summed E-state index contributed by atoms with van der Waals surface area (Å²) in [5, 5.41) is 0. The van der Waals surface area contributed by atoms with Crippen LogP contribution in [-0.2, 0) is 14.6 Å². The van der Waals surface area contributed by atoms with E-state index in [9.17, 15) is 8.42 Å². The predicted molar refractivity (Wildman–Crippen MR) is 49.9 cm³/mol. The molecule has 0 amide bonds. The van der Waals surface area contributed by atoms with Gasteiger partial charge in [0.15, 0.2) is 0 Å². The quantitative estimate of drug-likeness (QED) is 0.675. The van der Waals surface area contributed by atoms with Gasteiger partial charge in [-0.25, -0.2) is 0 Å².